The summed E-state index contributed by atoms with van der Waals surface area (Å²) in [7, 11) is 0. The van der Waals surface area contributed by atoms with E-state index in [0.29, 0.717) is 4.90 Å². The van der Waals surface area contributed by atoms with Crippen LogP contribution in [0.2, 0.25) is 0 Å². The Kier molecular flexibility index (Phi) is 4.68. The maximum Gasteiger partial charge on any atom is 0.258 e. The van der Waals surface area contributed by atoms with Crippen molar-refractivity contribution in [2.45, 2.75) is 31.6 Å². The molecule has 0 bridgehead atoms. The Morgan fingerprint density at radius 2 is 1.95 bits per heavy atom. The van der Waals surface area contributed by atoms with Gasteiger partial charge in [0.1, 0.15) is 5.82 Å². The van der Waals surface area contributed by atoms with E-state index >= 15 is 0 Å². The number of rotatable bonds is 3. The zero-order valence-corrected chi connectivity index (χ0v) is 13.2. The van der Waals surface area contributed by atoms with Crippen LogP contribution in [-0.2, 0) is 0 Å². The number of amides is 1. The smallest absolute Gasteiger partial charge is 0.258 e. The Hall–Kier alpha value is -1.81. The van der Waals surface area contributed by atoms with Crippen LogP contribution < -0.4 is 5.32 Å². The molecule has 0 aliphatic heterocycles. The summed E-state index contributed by atoms with van der Waals surface area (Å²) in [5.41, 5.74) is 2.74. The second kappa shape index (κ2) is 6.31. The second-order valence-corrected chi connectivity index (χ2v) is 5.83. The van der Waals surface area contributed by atoms with Crippen LogP contribution in [0.4, 0.5) is 10.1 Å². The van der Waals surface area contributed by atoms with Gasteiger partial charge in [0.2, 0.25) is 0 Å². The minimum atomic E-state index is -0.551. The van der Waals surface area contributed by atoms with Gasteiger partial charge in [-0.15, -0.1) is 12.6 Å². The number of benzene rings is 2. The van der Waals surface area contributed by atoms with Gasteiger partial charge in [-0.3, -0.25) is 4.79 Å². The zero-order valence-electron chi connectivity index (χ0n) is 12.3. The molecule has 21 heavy (non-hydrogen) atoms. The van der Waals surface area contributed by atoms with E-state index in [9.17, 15) is 9.18 Å². The first kappa shape index (κ1) is 15.6. The molecule has 4 heteroatoms. The van der Waals surface area contributed by atoms with E-state index in [-0.39, 0.29) is 11.5 Å². The van der Waals surface area contributed by atoms with Gasteiger partial charge in [0.25, 0.3) is 5.91 Å². The van der Waals surface area contributed by atoms with Gasteiger partial charge in [0, 0.05) is 10.6 Å². The molecule has 0 aliphatic carbocycles. The number of anilines is 1. The summed E-state index contributed by atoms with van der Waals surface area (Å²) in [5.74, 6) is -0.745. The molecule has 2 aromatic carbocycles. The van der Waals surface area contributed by atoms with E-state index < -0.39 is 11.7 Å². The number of carbonyl (C=O) groups excluding carboxylic acids is 1. The van der Waals surface area contributed by atoms with Crippen LogP contribution in [0.1, 0.15) is 41.3 Å². The lowest BCUT2D eigenvalue weighted by atomic mass is 9.98. The SMILES string of the molecule is Cc1cccc(C(C)C)c1NC(=O)c1cc(S)ccc1F. The largest absolute Gasteiger partial charge is 0.321 e. The van der Waals surface area contributed by atoms with Crippen molar-refractivity contribution in [1.82, 2.24) is 0 Å². The number of hydrogen-bond acceptors (Lipinski definition) is 2. The summed E-state index contributed by atoms with van der Waals surface area (Å²) < 4.78 is 13.8. The van der Waals surface area contributed by atoms with Crippen molar-refractivity contribution < 1.29 is 9.18 Å². The predicted octanol–water partition coefficient (Wildman–Crippen LogP) is 4.80. The number of thiol groups is 1. The van der Waals surface area contributed by atoms with Crippen molar-refractivity contribution >= 4 is 24.2 Å². The van der Waals surface area contributed by atoms with Gasteiger partial charge >= 0.3 is 0 Å². The Labute approximate surface area is 129 Å². The third kappa shape index (κ3) is 3.45. The summed E-state index contributed by atoms with van der Waals surface area (Å²) in [4.78, 5) is 12.9. The Balaban J connectivity index is 2.38. The first-order chi connectivity index (χ1) is 9.90. The highest BCUT2D eigenvalue weighted by Gasteiger charge is 2.16. The van der Waals surface area contributed by atoms with Crippen molar-refractivity contribution in [1.29, 1.82) is 0 Å². The summed E-state index contributed by atoms with van der Waals surface area (Å²) in [6.45, 7) is 6.03. The fourth-order valence-corrected chi connectivity index (χ4v) is 2.41. The average Bonchev–Trinajstić information content (AvgIpc) is 2.43. The van der Waals surface area contributed by atoms with Crippen LogP contribution in [0.5, 0.6) is 0 Å². The molecule has 0 spiro atoms. The van der Waals surface area contributed by atoms with E-state index in [1.54, 1.807) is 0 Å². The molecule has 1 N–H and O–H groups in total. The first-order valence-corrected chi connectivity index (χ1v) is 7.24. The molecule has 0 aliphatic rings. The molecule has 1 amide bonds. The highest BCUT2D eigenvalue weighted by molar-refractivity contribution is 7.80. The first-order valence-electron chi connectivity index (χ1n) is 6.79. The molecule has 0 saturated heterocycles. The lowest BCUT2D eigenvalue weighted by molar-refractivity contribution is 0.102. The van der Waals surface area contributed by atoms with Crippen LogP contribution in [0, 0.1) is 12.7 Å². The number of carbonyl (C=O) groups is 1. The van der Waals surface area contributed by atoms with Gasteiger partial charge in [-0.1, -0.05) is 32.0 Å². The molecule has 110 valence electrons. The highest BCUT2D eigenvalue weighted by Crippen LogP contribution is 2.28. The van der Waals surface area contributed by atoms with Crippen molar-refractivity contribution in [3.63, 3.8) is 0 Å². The number of aryl methyl sites for hydroxylation is 1. The van der Waals surface area contributed by atoms with Gasteiger partial charge in [-0.25, -0.2) is 4.39 Å². The van der Waals surface area contributed by atoms with E-state index in [0.717, 1.165) is 16.8 Å². The standard InChI is InChI=1S/C17H18FNOS/c1-10(2)13-6-4-5-11(3)16(13)19-17(20)14-9-12(21)7-8-15(14)18/h4-10,21H,1-3H3,(H,19,20). The molecule has 0 radical (unpaired) electrons. The zero-order chi connectivity index (χ0) is 15.6. The molecule has 2 aromatic rings. The predicted molar refractivity (Wildman–Crippen MR) is 86.9 cm³/mol. The van der Waals surface area contributed by atoms with Gasteiger partial charge in [-0.05, 0) is 42.2 Å². The number of nitrogens with one attached hydrogen (secondary N) is 1. The molecule has 0 fully saturated rings. The van der Waals surface area contributed by atoms with Gasteiger partial charge in [0.15, 0.2) is 0 Å². The molecule has 0 saturated carbocycles. The van der Waals surface area contributed by atoms with E-state index in [2.05, 4.69) is 31.8 Å². The summed E-state index contributed by atoms with van der Waals surface area (Å²) in [6, 6.07) is 10.0. The molecule has 0 aromatic heterocycles. The topological polar surface area (TPSA) is 29.1 Å². The Morgan fingerprint density at radius 3 is 2.62 bits per heavy atom. The highest BCUT2D eigenvalue weighted by atomic mass is 32.1. The fourth-order valence-electron chi connectivity index (χ4n) is 2.21. The molecule has 0 atom stereocenters. The van der Waals surface area contributed by atoms with E-state index in [1.807, 2.05) is 25.1 Å². The summed E-state index contributed by atoms with van der Waals surface area (Å²) in [5, 5.41) is 2.83. The van der Waals surface area contributed by atoms with Crippen LogP contribution in [0.15, 0.2) is 41.3 Å². The minimum absolute atomic E-state index is 0.000425. The van der Waals surface area contributed by atoms with Crippen molar-refractivity contribution in [2.24, 2.45) is 0 Å². The lowest BCUT2D eigenvalue weighted by Crippen LogP contribution is -2.16. The van der Waals surface area contributed by atoms with Crippen LogP contribution in [0.25, 0.3) is 0 Å². The van der Waals surface area contributed by atoms with Gasteiger partial charge < -0.3 is 5.32 Å². The van der Waals surface area contributed by atoms with E-state index in [1.165, 1.54) is 18.2 Å². The van der Waals surface area contributed by atoms with Crippen LogP contribution in [-0.4, -0.2) is 5.91 Å². The number of hydrogen-bond donors (Lipinski definition) is 2. The maximum absolute atomic E-state index is 13.8. The lowest BCUT2D eigenvalue weighted by Gasteiger charge is -2.16. The fraction of sp³-hybridized carbons (Fsp3) is 0.235. The van der Waals surface area contributed by atoms with Gasteiger partial charge in [-0.2, -0.15) is 0 Å². The Morgan fingerprint density at radius 1 is 1.24 bits per heavy atom. The van der Waals surface area contributed by atoms with Crippen molar-refractivity contribution in [2.75, 3.05) is 5.32 Å². The molecule has 2 rings (SSSR count). The van der Waals surface area contributed by atoms with Gasteiger partial charge in [0.05, 0.1) is 5.56 Å². The maximum atomic E-state index is 13.8. The van der Waals surface area contributed by atoms with Crippen molar-refractivity contribution in [3.8, 4) is 0 Å². The molecule has 0 unspecified atom stereocenters. The summed E-state index contributed by atoms with van der Waals surface area (Å²) in [6.07, 6.45) is 0. The quantitative estimate of drug-likeness (QED) is 0.784. The molecule has 0 heterocycles. The third-order valence-corrected chi connectivity index (χ3v) is 3.64. The third-order valence-electron chi connectivity index (χ3n) is 3.36. The van der Waals surface area contributed by atoms with Crippen LogP contribution in [0.3, 0.4) is 0 Å². The number of para-hydroxylation sites is 1. The van der Waals surface area contributed by atoms with Crippen LogP contribution >= 0.6 is 12.6 Å². The number of halogens is 1. The average molecular weight is 303 g/mol. The monoisotopic (exact) mass is 303 g/mol. The second-order valence-electron chi connectivity index (χ2n) is 5.31. The molecular formula is C17H18FNOS. The minimum Gasteiger partial charge on any atom is -0.321 e. The molecular weight excluding hydrogens is 285 g/mol. The normalized spacial score (nSPS) is 10.8. The van der Waals surface area contributed by atoms with Crippen molar-refractivity contribution in [3.05, 3.63) is 58.9 Å². The Bertz CT molecular complexity index is 682. The van der Waals surface area contributed by atoms with E-state index in [4.69, 9.17) is 0 Å². The summed E-state index contributed by atoms with van der Waals surface area (Å²) >= 11 is 4.15. The molecule has 2 nitrogen and oxygen atoms in total.